The Labute approximate surface area is 85.7 Å². The van der Waals surface area contributed by atoms with Crippen molar-refractivity contribution in [1.29, 1.82) is 0 Å². The Kier molecular flexibility index (Phi) is 3.92. The first-order valence-corrected chi connectivity index (χ1v) is 4.82. The van der Waals surface area contributed by atoms with Gasteiger partial charge in [-0.05, 0) is 38.2 Å². The van der Waals surface area contributed by atoms with Gasteiger partial charge in [0.05, 0.1) is 0 Å². The minimum absolute atomic E-state index is 0.173. The number of hydrogen-bond donors (Lipinski definition) is 2. The summed E-state index contributed by atoms with van der Waals surface area (Å²) in [7, 11) is 4.05. The van der Waals surface area contributed by atoms with Gasteiger partial charge in [0.25, 0.3) is 0 Å². The number of benzene rings is 1. The van der Waals surface area contributed by atoms with Crippen molar-refractivity contribution in [3.05, 3.63) is 29.8 Å². The van der Waals surface area contributed by atoms with Crippen LogP contribution in [0.25, 0.3) is 0 Å². The summed E-state index contributed by atoms with van der Waals surface area (Å²) in [6.45, 7) is 0.898. The molecule has 4 N–H and O–H groups in total. The van der Waals surface area contributed by atoms with Gasteiger partial charge < -0.3 is 16.4 Å². The average Bonchev–Trinajstić information content (AvgIpc) is 2.01. The van der Waals surface area contributed by atoms with Crippen LogP contribution in [0.2, 0.25) is 0 Å². The molecule has 1 aromatic rings. The molecule has 78 valence electrons. The topological polar surface area (TPSA) is 55.3 Å². The molecular weight excluding hydrogens is 174 g/mol. The summed E-state index contributed by atoms with van der Waals surface area (Å²) in [6.07, 6.45) is 0.878. The molecule has 0 saturated carbocycles. The number of nitrogen functional groups attached to an aromatic ring is 1. The second-order valence-electron chi connectivity index (χ2n) is 3.97. The monoisotopic (exact) mass is 193 g/mol. The van der Waals surface area contributed by atoms with Gasteiger partial charge >= 0.3 is 0 Å². The highest BCUT2D eigenvalue weighted by Gasteiger charge is 2.05. The van der Waals surface area contributed by atoms with Crippen LogP contribution in [0, 0.1) is 0 Å². The van der Waals surface area contributed by atoms with E-state index in [1.54, 1.807) is 0 Å². The summed E-state index contributed by atoms with van der Waals surface area (Å²) in [5, 5.41) is 0. The van der Waals surface area contributed by atoms with Crippen LogP contribution in [0.5, 0.6) is 0 Å². The van der Waals surface area contributed by atoms with Crippen LogP contribution in [0.4, 0.5) is 5.69 Å². The number of nitrogens with two attached hydrogens (primary N) is 2. The Hall–Kier alpha value is -1.06. The fourth-order valence-electron chi connectivity index (χ4n) is 1.56. The van der Waals surface area contributed by atoms with Gasteiger partial charge in [0.15, 0.2) is 0 Å². The zero-order valence-electron chi connectivity index (χ0n) is 8.90. The molecule has 0 aliphatic rings. The summed E-state index contributed by atoms with van der Waals surface area (Å²) in [5.41, 5.74) is 13.7. The van der Waals surface area contributed by atoms with Crippen molar-refractivity contribution in [2.75, 3.05) is 26.4 Å². The molecule has 0 heterocycles. The van der Waals surface area contributed by atoms with E-state index in [2.05, 4.69) is 11.0 Å². The Morgan fingerprint density at radius 3 is 2.64 bits per heavy atom. The second-order valence-corrected chi connectivity index (χ2v) is 3.97. The van der Waals surface area contributed by atoms with Crippen molar-refractivity contribution in [3.8, 4) is 0 Å². The normalized spacial score (nSPS) is 13.1. The number of rotatable bonds is 4. The molecule has 0 radical (unpaired) electrons. The van der Waals surface area contributed by atoms with Crippen LogP contribution in [0.15, 0.2) is 24.3 Å². The lowest BCUT2D eigenvalue weighted by atomic mass is 10.1. The SMILES string of the molecule is CN(C)C[C@@H](N)Cc1cccc(N)c1. The third kappa shape index (κ3) is 3.77. The molecule has 3 nitrogen and oxygen atoms in total. The molecule has 0 bridgehead atoms. The van der Waals surface area contributed by atoms with Gasteiger partial charge in [0, 0.05) is 18.3 Å². The lowest BCUT2D eigenvalue weighted by Gasteiger charge is -2.16. The van der Waals surface area contributed by atoms with Gasteiger partial charge in [0.1, 0.15) is 0 Å². The first-order valence-electron chi connectivity index (χ1n) is 4.82. The summed E-state index contributed by atoms with van der Waals surface area (Å²) in [5.74, 6) is 0. The molecule has 0 aromatic heterocycles. The van der Waals surface area contributed by atoms with E-state index in [-0.39, 0.29) is 6.04 Å². The zero-order valence-corrected chi connectivity index (χ0v) is 8.90. The van der Waals surface area contributed by atoms with Crippen LogP contribution >= 0.6 is 0 Å². The van der Waals surface area contributed by atoms with E-state index in [0.29, 0.717) is 0 Å². The highest BCUT2D eigenvalue weighted by atomic mass is 15.1. The van der Waals surface area contributed by atoms with Gasteiger partial charge in [-0.2, -0.15) is 0 Å². The summed E-state index contributed by atoms with van der Waals surface area (Å²) < 4.78 is 0. The Morgan fingerprint density at radius 2 is 2.07 bits per heavy atom. The predicted molar refractivity (Wildman–Crippen MR) is 61.1 cm³/mol. The lowest BCUT2D eigenvalue weighted by Crippen LogP contribution is -2.34. The van der Waals surface area contributed by atoms with Crippen molar-refractivity contribution in [2.24, 2.45) is 5.73 Å². The van der Waals surface area contributed by atoms with Gasteiger partial charge in [-0.3, -0.25) is 0 Å². The maximum absolute atomic E-state index is 5.97. The first-order chi connectivity index (χ1) is 6.58. The predicted octanol–water partition coefficient (Wildman–Crippen LogP) is 0.700. The molecule has 14 heavy (non-hydrogen) atoms. The number of nitrogens with zero attached hydrogens (tertiary/aromatic N) is 1. The minimum Gasteiger partial charge on any atom is -0.399 e. The van der Waals surface area contributed by atoms with Crippen LogP contribution in [0.1, 0.15) is 5.56 Å². The third-order valence-electron chi connectivity index (χ3n) is 2.05. The maximum atomic E-state index is 5.97. The van der Waals surface area contributed by atoms with Crippen molar-refractivity contribution in [3.63, 3.8) is 0 Å². The molecule has 3 heteroatoms. The smallest absolute Gasteiger partial charge is 0.0316 e. The highest BCUT2D eigenvalue weighted by Crippen LogP contribution is 2.08. The molecule has 1 atom stereocenters. The van der Waals surface area contributed by atoms with E-state index < -0.39 is 0 Å². The molecule has 0 spiro atoms. The molecule has 0 saturated heterocycles. The molecule has 0 amide bonds. The highest BCUT2D eigenvalue weighted by molar-refractivity contribution is 5.40. The van der Waals surface area contributed by atoms with Crippen molar-refractivity contribution >= 4 is 5.69 Å². The van der Waals surface area contributed by atoms with Gasteiger partial charge in [-0.1, -0.05) is 12.1 Å². The largest absolute Gasteiger partial charge is 0.399 e. The van der Waals surface area contributed by atoms with E-state index in [9.17, 15) is 0 Å². The average molecular weight is 193 g/mol. The summed E-state index contributed by atoms with van der Waals surface area (Å²) in [4.78, 5) is 2.09. The van der Waals surface area contributed by atoms with Gasteiger partial charge in [-0.25, -0.2) is 0 Å². The van der Waals surface area contributed by atoms with Crippen LogP contribution < -0.4 is 11.5 Å². The fourth-order valence-corrected chi connectivity index (χ4v) is 1.56. The lowest BCUT2D eigenvalue weighted by molar-refractivity contribution is 0.371. The molecule has 1 rings (SSSR count). The van der Waals surface area contributed by atoms with Gasteiger partial charge in [-0.15, -0.1) is 0 Å². The third-order valence-corrected chi connectivity index (χ3v) is 2.05. The van der Waals surface area contributed by atoms with E-state index >= 15 is 0 Å². The number of anilines is 1. The van der Waals surface area contributed by atoms with E-state index in [1.165, 1.54) is 5.56 Å². The first kappa shape index (κ1) is 11.0. The fraction of sp³-hybridized carbons (Fsp3) is 0.455. The molecule has 0 aliphatic heterocycles. The Morgan fingerprint density at radius 1 is 1.36 bits per heavy atom. The van der Waals surface area contributed by atoms with Crippen molar-refractivity contribution in [1.82, 2.24) is 4.90 Å². The van der Waals surface area contributed by atoms with Crippen molar-refractivity contribution in [2.45, 2.75) is 12.5 Å². The zero-order chi connectivity index (χ0) is 10.6. The summed E-state index contributed by atoms with van der Waals surface area (Å²) in [6, 6.07) is 8.07. The van der Waals surface area contributed by atoms with Gasteiger partial charge in [0.2, 0.25) is 0 Å². The van der Waals surface area contributed by atoms with Crippen LogP contribution in [-0.4, -0.2) is 31.6 Å². The van der Waals surface area contributed by atoms with E-state index in [4.69, 9.17) is 11.5 Å². The van der Waals surface area contributed by atoms with Crippen LogP contribution in [0.3, 0.4) is 0 Å². The quantitative estimate of drug-likeness (QED) is 0.692. The van der Waals surface area contributed by atoms with Crippen molar-refractivity contribution < 1.29 is 0 Å². The number of likely N-dealkylation sites (N-methyl/N-ethyl adjacent to an activating group) is 1. The van der Waals surface area contributed by atoms with Crippen LogP contribution in [-0.2, 0) is 6.42 Å². The maximum Gasteiger partial charge on any atom is 0.0316 e. The summed E-state index contributed by atoms with van der Waals surface area (Å²) >= 11 is 0. The Balaban J connectivity index is 2.51. The molecule has 0 unspecified atom stereocenters. The molecule has 0 aliphatic carbocycles. The van der Waals surface area contributed by atoms with E-state index in [0.717, 1.165) is 18.7 Å². The number of hydrogen-bond acceptors (Lipinski definition) is 3. The molecule has 0 fully saturated rings. The molecule has 1 aromatic carbocycles. The standard InChI is InChI=1S/C11H19N3/c1-14(2)8-11(13)7-9-4-3-5-10(12)6-9/h3-6,11H,7-8,12-13H2,1-2H3/t11-/m0/s1. The second kappa shape index (κ2) is 4.98. The van der Waals surface area contributed by atoms with E-state index in [1.807, 2.05) is 32.3 Å². The minimum atomic E-state index is 0.173. The Bertz CT molecular complexity index is 284. The molecular formula is C11H19N3.